The van der Waals surface area contributed by atoms with Crippen molar-refractivity contribution in [3.63, 3.8) is 0 Å². The van der Waals surface area contributed by atoms with Gasteiger partial charge >= 0.3 is 0 Å². The van der Waals surface area contributed by atoms with Crippen molar-refractivity contribution in [2.24, 2.45) is 0 Å². The van der Waals surface area contributed by atoms with Gasteiger partial charge in [0.25, 0.3) is 0 Å². The fourth-order valence-corrected chi connectivity index (χ4v) is 1.84. The molecule has 0 aliphatic heterocycles. The molecule has 1 N–H and O–H groups in total. The summed E-state index contributed by atoms with van der Waals surface area (Å²) in [5, 5.41) is 10.8. The molecule has 1 unspecified atom stereocenters. The zero-order valence-corrected chi connectivity index (χ0v) is 9.81. The highest BCUT2D eigenvalue weighted by molar-refractivity contribution is 5.32. The molecule has 2 aromatic rings. The molecule has 1 atom stereocenters. The molecule has 0 amide bonds. The fourth-order valence-electron chi connectivity index (χ4n) is 1.84. The van der Waals surface area contributed by atoms with E-state index in [-0.39, 0.29) is 11.9 Å². The Kier molecular flexibility index (Phi) is 3.44. The van der Waals surface area contributed by atoms with Crippen LogP contribution in [0, 0.1) is 12.7 Å². The SMILES string of the molecule is CNC(c1ccnnc1)c1ccc(F)c(C)c1. The van der Waals surface area contributed by atoms with Crippen molar-refractivity contribution in [1.82, 2.24) is 15.5 Å². The number of halogens is 1. The van der Waals surface area contributed by atoms with E-state index in [0.717, 1.165) is 11.1 Å². The smallest absolute Gasteiger partial charge is 0.126 e. The van der Waals surface area contributed by atoms with E-state index in [1.54, 1.807) is 25.4 Å². The molecule has 0 radical (unpaired) electrons. The molecule has 88 valence electrons. The normalized spacial score (nSPS) is 12.4. The first-order chi connectivity index (χ1) is 8.22. The van der Waals surface area contributed by atoms with Crippen LogP contribution in [0.15, 0.2) is 36.7 Å². The molecule has 1 heterocycles. The van der Waals surface area contributed by atoms with Crippen molar-refractivity contribution in [2.45, 2.75) is 13.0 Å². The summed E-state index contributed by atoms with van der Waals surface area (Å²) in [5.74, 6) is -0.184. The third-order valence-electron chi connectivity index (χ3n) is 2.74. The van der Waals surface area contributed by atoms with Gasteiger partial charge in [0.2, 0.25) is 0 Å². The van der Waals surface area contributed by atoms with Crippen molar-refractivity contribution < 1.29 is 4.39 Å². The first-order valence-corrected chi connectivity index (χ1v) is 5.42. The molecular formula is C13H14FN3. The molecule has 3 nitrogen and oxygen atoms in total. The number of aromatic nitrogens is 2. The molecule has 1 aromatic carbocycles. The van der Waals surface area contributed by atoms with Crippen LogP contribution in [-0.4, -0.2) is 17.2 Å². The average molecular weight is 231 g/mol. The largest absolute Gasteiger partial charge is 0.309 e. The Morgan fingerprint density at radius 2 is 2.00 bits per heavy atom. The molecule has 2 rings (SSSR count). The van der Waals surface area contributed by atoms with Gasteiger partial charge in [-0.3, -0.25) is 0 Å². The molecule has 0 aliphatic rings. The van der Waals surface area contributed by atoms with Crippen LogP contribution >= 0.6 is 0 Å². The van der Waals surface area contributed by atoms with E-state index in [9.17, 15) is 4.39 Å². The lowest BCUT2D eigenvalue weighted by Gasteiger charge is -2.17. The lowest BCUT2D eigenvalue weighted by atomic mass is 9.99. The quantitative estimate of drug-likeness (QED) is 0.880. The van der Waals surface area contributed by atoms with E-state index in [2.05, 4.69) is 15.5 Å². The standard InChI is InChI=1S/C13H14FN3/c1-9-7-10(3-4-12(9)14)13(15-2)11-5-6-16-17-8-11/h3-8,13,15H,1-2H3. The van der Waals surface area contributed by atoms with Crippen LogP contribution in [-0.2, 0) is 0 Å². The predicted octanol–water partition coefficient (Wildman–Crippen LogP) is 2.23. The summed E-state index contributed by atoms with van der Waals surface area (Å²) in [5.41, 5.74) is 2.66. The van der Waals surface area contributed by atoms with Gasteiger partial charge in [0.05, 0.1) is 12.2 Å². The van der Waals surface area contributed by atoms with Crippen LogP contribution in [0.25, 0.3) is 0 Å². The molecule has 0 saturated carbocycles. The van der Waals surface area contributed by atoms with Crippen LogP contribution in [0.2, 0.25) is 0 Å². The Morgan fingerprint density at radius 3 is 2.59 bits per heavy atom. The Bertz CT molecular complexity index is 499. The zero-order chi connectivity index (χ0) is 12.3. The third kappa shape index (κ3) is 2.47. The van der Waals surface area contributed by atoms with Gasteiger partial charge < -0.3 is 5.32 Å². The predicted molar refractivity (Wildman–Crippen MR) is 64.1 cm³/mol. The number of benzene rings is 1. The minimum absolute atomic E-state index is 0.00444. The van der Waals surface area contributed by atoms with Gasteiger partial charge in [-0.1, -0.05) is 12.1 Å². The van der Waals surface area contributed by atoms with Crippen LogP contribution in [0.1, 0.15) is 22.7 Å². The van der Waals surface area contributed by atoms with E-state index >= 15 is 0 Å². The fraction of sp³-hybridized carbons (Fsp3) is 0.231. The summed E-state index contributed by atoms with van der Waals surface area (Å²) < 4.78 is 13.2. The maximum absolute atomic E-state index is 13.2. The van der Waals surface area contributed by atoms with Gasteiger partial charge in [-0.2, -0.15) is 10.2 Å². The Hall–Kier alpha value is -1.81. The molecule has 4 heteroatoms. The minimum atomic E-state index is -0.184. The van der Waals surface area contributed by atoms with E-state index in [4.69, 9.17) is 0 Å². The topological polar surface area (TPSA) is 37.8 Å². The number of nitrogens with one attached hydrogen (secondary N) is 1. The molecule has 0 aliphatic carbocycles. The second kappa shape index (κ2) is 5.01. The van der Waals surface area contributed by atoms with Crippen molar-refractivity contribution in [1.29, 1.82) is 0 Å². The molecular weight excluding hydrogens is 217 g/mol. The van der Waals surface area contributed by atoms with Gasteiger partial charge in [-0.25, -0.2) is 4.39 Å². The Balaban J connectivity index is 2.39. The van der Waals surface area contributed by atoms with Gasteiger partial charge in [-0.15, -0.1) is 0 Å². The maximum Gasteiger partial charge on any atom is 0.126 e. The molecule has 0 saturated heterocycles. The summed E-state index contributed by atoms with van der Waals surface area (Å²) in [6, 6.07) is 7.02. The molecule has 0 bridgehead atoms. The Morgan fingerprint density at radius 1 is 1.18 bits per heavy atom. The molecule has 1 aromatic heterocycles. The average Bonchev–Trinajstić information content (AvgIpc) is 2.36. The van der Waals surface area contributed by atoms with Crippen molar-refractivity contribution >= 4 is 0 Å². The van der Waals surface area contributed by atoms with Gasteiger partial charge in [-0.05, 0) is 42.8 Å². The lowest BCUT2D eigenvalue weighted by molar-refractivity contribution is 0.613. The van der Waals surface area contributed by atoms with Crippen molar-refractivity contribution in [3.05, 3.63) is 59.2 Å². The van der Waals surface area contributed by atoms with Crippen LogP contribution in [0.3, 0.4) is 0 Å². The van der Waals surface area contributed by atoms with Gasteiger partial charge in [0.15, 0.2) is 0 Å². The highest BCUT2D eigenvalue weighted by Crippen LogP contribution is 2.22. The maximum atomic E-state index is 13.2. The lowest BCUT2D eigenvalue weighted by Crippen LogP contribution is -2.18. The summed E-state index contributed by atoms with van der Waals surface area (Å²) in [6.45, 7) is 1.76. The van der Waals surface area contributed by atoms with Gasteiger partial charge in [0, 0.05) is 6.20 Å². The first kappa shape index (κ1) is 11.7. The number of aryl methyl sites for hydroxylation is 1. The number of nitrogens with zero attached hydrogens (tertiary/aromatic N) is 2. The van der Waals surface area contributed by atoms with E-state index in [1.165, 1.54) is 6.07 Å². The molecule has 0 spiro atoms. The molecule has 0 fully saturated rings. The number of rotatable bonds is 3. The van der Waals surface area contributed by atoms with Crippen LogP contribution in [0.5, 0.6) is 0 Å². The second-order valence-corrected chi connectivity index (χ2v) is 3.91. The monoisotopic (exact) mass is 231 g/mol. The number of hydrogen-bond donors (Lipinski definition) is 1. The van der Waals surface area contributed by atoms with E-state index < -0.39 is 0 Å². The summed E-state index contributed by atoms with van der Waals surface area (Å²) >= 11 is 0. The summed E-state index contributed by atoms with van der Waals surface area (Å²) in [4.78, 5) is 0. The van der Waals surface area contributed by atoms with E-state index in [0.29, 0.717) is 5.56 Å². The van der Waals surface area contributed by atoms with E-state index in [1.807, 2.05) is 19.2 Å². The highest BCUT2D eigenvalue weighted by atomic mass is 19.1. The minimum Gasteiger partial charge on any atom is -0.309 e. The third-order valence-corrected chi connectivity index (χ3v) is 2.74. The van der Waals surface area contributed by atoms with Crippen LogP contribution in [0.4, 0.5) is 4.39 Å². The number of hydrogen-bond acceptors (Lipinski definition) is 3. The Labute approximate surface area is 99.7 Å². The summed E-state index contributed by atoms with van der Waals surface area (Å²) in [6.07, 6.45) is 3.36. The van der Waals surface area contributed by atoms with Crippen molar-refractivity contribution in [3.8, 4) is 0 Å². The zero-order valence-electron chi connectivity index (χ0n) is 9.81. The van der Waals surface area contributed by atoms with Crippen LogP contribution < -0.4 is 5.32 Å². The summed E-state index contributed by atoms with van der Waals surface area (Å²) in [7, 11) is 1.86. The van der Waals surface area contributed by atoms with Gasteiger partial charge in [0.1, 0.15) is 5.82 Å². The first-order valence-electron chi connectivity index (χ1n) is 5.42. The van der Waals surface area contributed by atoms with Crippen molar-refractivity contribution in [2.75, 3.05) is 7.05 Å². The highest BCUT2D eigenvalue weighted by Gasteiger charge is 2.13. The molecule has 17 heavy (non-hydrogen) atoms. The second-order valence-electron chi connectivity index (χ2n) is 3.91.